The molecule has 1 aromatic heterocycles. The highest BCUT2D eigenvalue weighted by atomic mass is 79.9. The summed E-state index contributed by atoms with van der Waals surface area (Å²) in [5.41, 5.74) is 0.995. The van der Waals surface area contributed by atoms with E-state index in [1.807, 2.05) is 24.3 Å². The van der Waals surface area contributed by atoms with Gasteiger partial charge in [0, 0.05) is 11.1 Å². The molecule has 1 fully saturated rings. The van der Waals surface area contributed by atoms with E-state index in [0.717, 1.165) is 35.3 Å². The van der Waals surface area contributed by atoms with Crippen molar-refractivity contribution in [3.05, 3.63) is 44.9 Å². The van der Waals surface area contributed by atoms with Gasteiger partial charge < -0.3 is 4.74 Å². The molecule has 104 valence electrons. The Bertz CT molecular complexity index is 670. The van der Waals surface area contributed by atoms with Crippen molar-refractivity contribution in [1.29, 1.82) is 0 Å². The first kappa shape index (κ1) is 13.7. The summed E-state index contributed by atoms with van der Waals surface area (Å²) >= 11 is 8.62. The SMILES string of the molecule is S=c1[nH]nc([C@@H]2CCCO2)n1/N=C\c1ccc(Br)cc1. The van der Waals surface area contributed by atoms with Gasteiger partial charge in [-0.15, -0.1) is 0 Å². The smallest absolute Gasteiger partial charge is 0.216 e. The Hall–Kier alpha value is -1.31. The van der Waals surface area contributed by atoms with Crippen molar-refractivity contribution in [1.82, 2.24) is 14.9 Å². The summed E-state index contributed by atoms with van der Waals surface area (Å²) in [6.07, 6.45) is 3.73. The van der Waals surface area contributed by atoms with Crippen LogP contribution in [0.2, 0.25) is 0 Å². The molecule has 1 N–H and O–H groups in total. The second kappa shape index (κ2) is 5.99. The Labute approximate surface area is 129 Å². The van der Waals surface area contributed by atoms with Crippen LogP contribution in [0.25, 0.3) is 0 Å². The third-order valence-electron chi connectivity index (χ3n) is 3.09. The number of nitrogens with one attached hydrogen (secondary N) is 1. The molecule has 0 spiro atoms. The highest BCUT2D eigenvalue weighted by Crippen LogP contribution is 2.26. The summed E-state index contributed by atoms with van der Waals surface area (Å²) in [5, 5.41) is 11.4. The summed E-state index contributed by atoms with van der Waals surface area (Å²) in [7, 11) is 0. The van der Waals surface area contributed by atoms with Gasteiger partial charge in [-0.2, -0.15) is 14.9 Å². The molecule has 5 nitrogen and oxygen atoms in total. The zero-order chi connectivity index (χ0) is 13.9. The third kappa shape index (κ3) is 2.89. The molecule has 7 heteroatoms. The van der Waals surface area contributed by atoms with Gasteiger partial charge in [-0.05, 0) is 42.8 Å². The molecule has 0 radical (unpaired) electrons. The standard InChI is InChI=1S/C13H13BrN4OS/c14-10-5-3-9(4-6-10)8-15-18-12(16-17-13(18)20)11-2-1-7-19-11/h3-6,8,11H,1-2,7H2,(H,17,20)/b15-8-/t11-/m0/s1. The Balaban J connectivity index is 1.88. The summed E-state index contributed by atoms with van der Waals surface area (Å²) in [6.45, 7) is 0.765. The molecular weight excluding hydrogens is 340 g/mol. The highest BCUT2D eigenvalue weighted by molar-refractivity contribution is 9.10. The van der Waals surface area contributed by atoms with Gasteiger partial charge in [0.1, 0.15) is 6.10 Å². The first-order valence-corrected chi connectivity index (χ1v) is 7.53. The van der Waals surface area contributed by atoms with Crippen LogP contribution in [0.3, 0.4) is 0 Å². The van der Waals surface area contributed by atoms with Crippen molar-refractivity contribution in [2.75, 3.05) is 6.61 Å². The maximum Gasteiger partial charge on any atom is 0.216 e. The molecule has 1 aliphatic rings. The first-order valence-electron chi connectivity index (χ1n) is 6.33. The van der Waals surface area contributed by atoms with Crippen LogP contribution in [0.1, 0.15) is 30.3 Å². The monoisotopic (exact) mass is 352 g/mol. The van der Waals surface area contributed by atoms with Crippen molar-refractivity contribution < 1.29 is 4.74 Å². The van der Waals surface area contributed by atoms with E-state index in [2.05, 4.69) is 31.2 Å². The van der Waals surface area contributed by atoms with Crippen LogP contribution in [0.4, 0.5) is 0 Å². The third-order valence-corrected chi connectivity index (χ3v) is 3.88. The lowest BCUT2D eigenvalue weighted by molar-refractivity contribution is 0.102. The molecule has 2 heterocycles. The normalized spacial score (nSPS) is 18.9. The molecule has 20 heavy (non-hydrogen) atoms. The van der Waals surface area contributed by atoms with Crippen molar-refractivity contribution >= 4 is 34.4 Å². The second-order valence-corrected chi connectivity index (χ2v) is 5.80. The van der Waals surface area contributed by atoms with E-state index < -0.39 is 0 Å². The molecular formula is C13H13BrN4OS. The molecule has 1 saturated heterocycles. The van der Waals surface area contributed by atoms with Gasteiger partial charge in [-0.25, -0.2) is 0 Å². The lowest BCUT2D eigenvalue weighted by Gasteiger charge is -2.07. The van der Waals surface area contributed by atoms with Crippen LogP contribution in [-0.2, 0) is 4.74 Å². The quantitative estimate of drug-likeness (QED) is 0.679. The van der Waals surface area contributed by atoms with Gasteiger partial charge in [-0.3, -0.25) is 5.10 Å². The molecule has 2 aromatic rings. The molecule has 1 atom stereocenters. The van der Waals surface area contributed by atoms with Crippen molar-refractivity contribution in [3.8, 4) is 0 Å². The Kier molecular flexibility index (Phi) is 4.09. The fraction of sp³-hybridized carbons (Fsp3) is 0.308. The number of nitrogens with zero attached hydrogens (tertiary/aromatic N) is 3. The van der Waals surface area contributed by atoms with E-state index in [-0.39, 0.29) is 6.10 Å². The van der Waals surface area contributed by atoms with Crippen LogP contribution >= 0.6 is 28.1 Å². The van der Waals surface area contributed by atoms with Gasteiger partial charge >= 0.3 is 0 Å². The first-order chi connectivity index (χ1) is 9.74. The van der Waals surface area contributed by atoms with Crippen molar-refractivity contribution in [2.45, 2.75) is 18.9 Å². The molecule has 0 saturated carbocycles. The number of hydrogen-bond donors (Lipinski definition) is 1. The Morgan fingerprint density at radius 1 is 1.45 bits per heavy atom. The fourth-order valence-corrected chi connectivity index (χ4v) is 2.53. The number of hydrogen-bond acceptors (Lipinski definition) is 4. The summed E-state index contributed by atoms with van der Waals surface area (Å²) < 4.78 is 8.78. The molecule has 1 aliphatic heterocycles. The molecule has 3 rings (SSSR count). The maximum atomic E-state index is 5.63. The van der Waals surface area contributed by atoms with Crippen LogP contribution in [-0.4, -0.2) is 27.7 Å². The van der Waals surface area contributed by atoms with Gasteiger partial charge in [0.2, 0.25) is 4.77 Å². The number of ether oxygens (including phenoxy) is 1. The van der Waals surface area contributed by atoms with Crippen LogP contribution in [0.5, 0.6) is 0 Å². The summed E-state index contributed by atoms with van der Waals surface area (Å²) in [6, 6.07) is 7.89. The number of rotatable bonds is 3. The average molecular weight is 353 g/mol. The minimum absolute atomic E-state index is 0.0231. The number of H-pyrrole nitrogens is 1. The average Bonchev–Trinajstić information content (AvgIpc) is 3.08. The van der Waals surface area contributed by atoms with E-state index >= 15 is 0 Å². The Morgan fingerprint density at radius 2 is 2.25 bits per heavy atom. The van der Waals surface area contributed by atoms with Gasteiger partial charge in [0.15, 0.2) is 5.82 Å². The van der Waals surface area contributed by atoms with E-state index in [9.17, 15) is 0 Å². The zero-order valence-corrected chi connectivity index (χ0v) is 13.0. The van der Waals surface area contributed by atoms with Crippen molar-refractivity contribution in [2.24, 2.45) is 5.10 Å². The number of aromatic amines is 1. The zero-order valence-electron chi connectivity index (χ0n) is 10.6. The van der Waals surface area contributed by atoms with E-state index in [1.165, 1.54) is 0 Å². The molecule has 0 bridgehead atoms. The van der Waals surface area contributed by atoms with Crippen molar-refractivity contribution in [3.63, 3.8) is 0 Å². The minimum Gasteiger partial charge on any atom is -0.370 e. The summed E-state index contributed by atoms with van der Waals surface area (Å²) in [5.74, 6) is 0.737. The minimum atomic E-state index is -0.0231. The van der Waals surface area contributed by atoms with Crippen LogP contribution in [0.15, 0.2) is 33.8 Å². The van der Waals surface area contributed by atoms with E-state index in [1.54, 1.807) is 10.9 Å². The van der Waals surface area contributed by atoms with Crippen LogP contribution in [0, 0.1) is 4.77 Å². The highest BCUT2D eigenvalue weighted by Gasteiger charge is 2.23. The molecule has 0 aliphatic carbocycles. The van der Waals surface area contributed by atoms with Crippen LogP contribution < -0.4 is 0 Å². The molecule has 0 amide bonds. The Morgan fingerprint density at radius 3 is 2.95 bits per heavy atom. The summed E-state index contributed by atoms with van der Waals surface area (Å²) in [4.78, 5) is 0. The maximum absolute atomic E-state index is 5.63. The van der Waals surface area contributed by atoms with Gasteiger partial charge in [-0.1, -0.05) is 28.1 Å². The largest absolute Gasteiger partial charge is 0.370 e. The predicted octanol–water partition coefficient (Wildman–Crippen LogP) is 3.44. The number of halogens is 1. The second-order valence-electron chi connectivity index (χ2n) is 4.50. The van der Waals surface area contributed by atoms with E-state index in [0.29, 0.717) is 4.77 Å². The molecule has 0 unspecified atom stereocenters. The number of benzene rings is 1. The molecule has 1 aromatic carbocycles. The lowest BCUT2D eigenvalue weighted by atomic mass is 10.2. The number of aromatic nitrogens is 3. The van der Waals surface area contributed by atoms with E-state index in [4.69, 9.17) is 17.0 Å². The van der Waals surface area contributed by atoms with Gasteiger partial charge in [0.25, 0.3) is 0 Å². The lowest BCUT2D eigenvalue weighted by Crippen LogP contribution is -2.05. The fourth-order valence-electron chi connectivity index (χ4n) is 2.08. The topological polar surface area (TPSA) is 55.2 Å². The predicted molar refractivity (Wildman–Crippen MR) is 82.5 cm³/mol. The van der Waals surface area contributed by atoms with Gasteiger partial charge in [0.05, 0.1) is 6.21 Å².